The van der Waals surface area contributed by atoms with Crippen molar-refractivity contribution in [1.29, 1.82) is 0 Å². The smallest absolute Gasteiger partial charge is 0.321 e. The van der Waals surface area contributed by atoms with E-state index in [9.17, 15) is 4.79 Å². The quantitative estimate of drug-likeness (QED) is 0.423. The molecule has 1 fully saturated rings. The molecule has 0 unspecified atom stereocenters. The number of nitrogens with zero attached hydrogens (tertiary/aromatic N) is 4. The van der Waals surface area contributed by atoms with Crippen LogP contribution in [0.25, 0.3) is 10.8 Å². The molecule has 3 heterocycles. The minimum Gasteiger partial charge on any atom is -0.424 e. The topological polar surface area (TPSA) is 68.2 Å². The van der Waals surface area contributed by atoms with Gasteiger partial charge < -0.3 is 9.64 Å². The van der Waals surface area contributed by atoms with Gasteiger partial charge in [0.05, 0.1) is 0 Å². The number of amides is 1. The highest BCUT2D eigenvalue weighted by Crippen LogP contribution is 2.27. The maximum absolute atomic E-state index is 13.2. The SMILES string of the molecule is O=C(c1cccc(Oc2ncccn2)c1)N1CCC[C@@H](Cc2cccc3ccncc23)CC1. The Labute approximate surface area is 193 Å². The lowest BCUT2D eigenvalue weighted by Crippen LogP contribution is -2.32. The van der Waals surface area contributed by atoms with E-state index in [2.05, 4.69) is 39.2 Å². The average molecular weight is 439 g/mol. The van der Waals surface area contributed by atoms with Gasteiger partial charge in [-0.2, -0.15) is 0 Å². The minimum atomic E-state index is 0.0458. The van der Waals surface area contributed by atoms with E-state index in [4.69, 9.17) is 4.74 Å². The first-order chi connectivity index (χ1) is 16.3. The molecule has 6 nitrogen and oxygen atoms in total. The van der Waals surface area contributed by atoms with Crippen LogP contribution in [-0.4, -0.2) is 38.8 Å². The first-order valence-electron chi connectivity index (χ1n) is 11.4. The molecule has 0 saturated carbocycles. The predicted octanol–water partition coefficient (Wildman–Crippen LogP) is 5.30. The summed E-state index contributed by atoms with van der Waals surface area (Å²) in [5.41, 5.74) is 1.97. The monoisotopic (exact) mass is 438 g/mol. The fraction of sp³-hybridized carbons (Fsp3) is 0.259. The molecule has 33 heavy (non-hydrogen) atoms. The van der Waals surface area contributed by atoms with Gasteiger partial charge in [0.25, 0.3) is 5.91 Å². The number of hydrogen-bond donors (Lipinski definition) is 0. The number of benzene rings is 2. The van der Waals surface area contributed by atoms with Crippen molar-refractivity contribution in [2.24, 2.45) is 5.92 Å². The van der Waals surface area contributed by atoms with Crippen molar-refractivity contribution in [2.45, 2.75) is 25.7 Å². The van der Waals surface area contributed by atoms with Gasteiger partial charge in [-0.1, -0.05) is 24.3 Å². The molecular weight excluding hydrogens is 412 g/mol. The summed E-state index contributed by atoms with van der Waals surface area (Å²) >= 11 is 0. The number of carbonyl (C=O) groups excluding carboxylic acids is 1. The van der Waals surface area contributed by atoms with Crippen LogP contribution >= 0.6 is 0 Å². The van der Waals surface area contributed by atoms with E-state index in [1.54, 1.807) is 24.5 Å². The summed E-state index contributed by atoms with van der Waals surface area (Å²) < 4.78 is 5.70. The highest BCUT2D eigenvalue weighted by molar-refractivity contribution is 5.94. The van der Waals surface area contributed by atoms with Gasteiger partial charge >= 0.3 is 6.01 Å². The molecule has 0 spiro atoms. The van der Waals surface area contributed by atoms with Gasteiger partial charge in [0.1, 0.15) is 5.75 Å². The van der Waals surface area contributed by atoms with Gasteiger partial charge in [-0.3, -0.25) is 9.78 Å². The van der Waals surface area contributed by atoms with Gasteiger partial charge in [0.15, 0.2) is 0 Å². The van der Waals surface area contributed by atoms with E-state index < -0.39 is 0 Å². The molecule has 2 aromatic carbocycles. The summed E-state index contributed by atoms with van der Waals surface area (Å²) in [4.78, 5) is 27.7. The summed E-state index contributed by atoms with van der Waals surface area (Å²) in [6, 6.07) is 17.8. The summed E-state index contributed by atoms with van der Waals surface area (Å²) in [7, 11) is 0. The van der Waals surface area contributed by atoms with Crippen LogP contribution in [0.4, 0.5) is 0 Å². The highest BCUT2D eigenvalue weighted by Gasteiger charge is 2.22. The van der Waals surface area contributed by atoms with Crippen LogP contribution in [-0.2, 0) is 6.42 Å². The van der Waals surface area contributed by atoms with Crippen molar-refractivity contribution in [3.8, 4) is 11.8 Å². The van der Waals surface area contributed by atoms with Crippen LogP contribution in [0.5, 0.6) is 11.8 Å². The van der Waals surface area contributed by atoms with Gasteiger partial charge in [0.2, 0.25) is 0 Å². The Morgan fingerprint density at radius 2 is 1.85 bits per heavy atom. The van der Waals surface area contributed by atoms with E-state index in [1.807, 2.05) is 35.5 Å². The molecular formula is C27H26N4O2. The van der Waals surface area contributed by atoms with Crippen molar-refractivity contribution in [1.82, 2.24) is 19.9 Å². The van der Waals surface area contributed by atoms with Crippen LogP contribution in [0.2, 0.25) is 0 Å². The average Bonchev–Trinajstić information content (AvgIpc) is 3.10. The van der Waals surface area contributed by atoms with Crippen LogP contribution in [0.15, 0.2) is 79.4 Å². The maximum Gasteiger partial charge on any atom is 0.321 e. The Morgan fingerprint density at radius 1 is 0.970 bits per heavy atom. The molecule has 166 valence electrons. The van der Waals surface area contributed by atoms with Crippen molar-refractivity contribution in [3.05, 3.63) is 90.5 Å². The van der Waals surface area contributed by atoms with Crippen LogP contribution in [0.3, 0.4) is 0 Å². The van der Waals surface area contributed by atoms with Crippen molar-refractivity contribution in [2.75, 3.05) is 13.1 Å². The van der Waals surface area contributed by atoms with E-state index in [0.717, 1.165) is 38.8 Å². The number of aromatic nitrogens is 3. The molecule has 1 atom stereocenters. The van der Waals surface area contributed by atoms with E-state index >= 15 is 0 Å². The van der Waals surface area contributed by atoms with E-state index in [0.29, 0.717) is 17.2 Å². The van der Waals surface area contributed by atoms with Crippen LogP contribution in [0, 0.1) is 5.92 Å². The first kappa shape index (κ1) is 21.1. The Morgan fingerprint density at radius 3 is 2.76 bits per heavy atom. The fourth-order valence-electron chi connectivity index (χ4n) is 4.56. The third kappa shape index (κ3) is 5.00. The lowest BCUT2D eigenvalue weighted by atomic mass is 9.91. The Hall–Kier alpha value is -3.80. The zero-order valence-corrected chi connectivity index (χ0v) is 18.4. The number of carbonyl (C=O) groups is 1. The third-order valence-electron chi connectivity index (χ3n) is 6.25. The molecule has 0 aliphatic carbocycles. The number of pyridine rings is 1. The third-order valence-corrected chi connectivity index (χ3v) is 6.25. The van der Waals surface area contributed by atoms with E-state index in [1.165, 1.54) is 16.3 Å². The standard InChI is InChI=1S/C27H26N4O2/c32-26(23-8-2-9-24(18-23)33-27-29-12-4-13-30-27)31-15-3-5-20(11-16-31)17-22-7-1-6-21-10-14-28-19-25(21)22/h1-2,4,6-10,12-14,18-20H,3,5,11,15-17H2/t20-/m1/s1. The van der Waals surface area contributed by atoms with Gasteiger partial charge in [-0.05, 0) is 72.9 Å². The minimum absolute atomic E-state index is 0.0458. The number of ether oxygens (including phenoxy) is 1. The zero-order chi connectivity index (χ0) is 22.5. The molecule has 0 bridgehead atoms. The molecule has 0 radical (unpaired) electrons. The Balaban J connectivity index is 1.24. The second-order valence-corrected chi connectivity index (χ2v) is 8.47. The van der Waals surface area contributed by atoms with Crippen LogP contribution < -0.4 is 4.74 Å². The lowest BCUT2D eigenvalue weighted by molar-refractivity contribution is 0.0759. The largest absolute Gasteiger partial charge is 0.424 e. The van der Waals surface area contributed by atoms with Crippen molar-refractivity contribution in [3.63, 3.8) is 0 Å². The molecule has 2 aromatic heterocycles. The molecule has 5 rings (SSSR count). The van der Waals surface area contributed by atoms with Gasteiger partial charge in [-0.25, -0.2) is 9.97 Å². The maximum atomic E-state index is 13.2. The second-order valence-electron chi connectivity index (χ2n) is 8.47. The normalized spacial score (nSPS) is 16.4. The fourth-order valence-corrected chi connectivity index (χ4v) is 4.56. The van der Waals surface area contributed by atoms with Gasteiger partial charge in [-0.15, -0.1) is 0 Å². The first-order valence-corrected chi connectivity index (χ1v) is 11.4. The molecule has 1 aliphatic heterocycles. The molecule has 1 saturated heterocycles. The molecule has 4 aromatic rings. The zero-order valence-electron chi connectivity index (χ0n) is 18.4. The van der Waals surface area contributed by atoms with Crippen molar-refractivity contribution >= 4 is 16.7 Å². The number of likely N-dealkylation sites (tertiary alicyclic amines) is 1. The summed E-state index contributed by atoms with van der Waals surface area (Å²) in [5.74, 6) is 1.16. The summed E-state index contributed by atoms with van der Waals surface area (Å²) in [6.07, 6.45) is 11.2. The number of fused-ring (bicyclic) bond motifs is 1. The Bertz CT molecular complexity index is 1240. The van der Waals surface area contributed by atoms with Crippen molar-refractivity contribution < 1.29 is 9.53 Å². The number of rotatable bonds is 5. The number of hydrogen-bond acceptors (Lipinski definition) is 5. The van der Waals surface area contributed by atoms with Crippen LogP contribution in [0.1, 0.15) is 35.2 Å². The molecule has 6 heteroatoms. The Kier molecular flexibility index (Phi) is 6.24. The van der Waals surface area contributed by atoms with Gasteiger partial charge in [0, 0.05) is 48.8 Å². The molecule has 0 N–H and O–H groups in total. The second kappa shape index (κ2) is 9.77. The highest BCUT2D eigenvalue weighted by atomic mass is 16.5. The molecule has 1 amide bonds. The predicted molar refractivity (Wildman–Crippen MR) is 127 cm³/mol. The lowest BCUT2D eigenvalue weighted by Gasteiger charge is -2.21. The summed E-state index contributed by atoms with van der Waals surface area (Å²) in [5, 5.41) is 2.47. The van der Waals surface area contributed by atoms with E-state index in [-0.39, 0.29) is 11.9 Å². The summed E-state index contributed by atoms with van der Waals surface area (Å²) in [6.45, 7) is 1.54. The molecule has 1 aliphatic rings.